The van der Waals surface area contributed by atoms with Gasteiger partial charge in [-0.3, -0.25) is 0 Å². The highest BCUT2D eigenvalue weighted by Gasteiger charge is 2.18. The summed E-state index contributed by atoms with van der Waals surface area (Å²) in [4.78, 5) is -1.09. The Kier molecular flexibility index (Phi) is 4.61. The topological polar surface area (TPSA) is 0 Å². The molecule has 0 saturated heterocycles. The molecule has 0 spiro atoms. The number of alkyl halides is 4. The van der Waals surface area contributed by atoms with Crippen LogP contribution in [-0.4, -0.2) is 0 Å². The van der Waals surface area contributed by atoms with E-state index in [0.29, 0.717) is 0 Å². The standard InChI is InChI=1S/C11H12Cl4/c1-5-4-6(2)9(11(14)15)7(3)8(5)10(12)13/h4,10-11H,1-3H3. The Bertz CT molecular complexity index is 337. The van der Waals surface area contributed by atoms with Crippen LogP contribution in [0.1, 0.15) is 37.5 Å². The summed E-state index contributed by atoms with van der Waals surface area (Å²) in [7, 11) is 0. The molecule has 0 N–H and O–H groups in total. The lowest BCUT2D eigenvalue weighted by atomic mass is 9.95. The van der Waals surface area contributed by atoms with Gasteiger partial charge in [-0.15, -0.1) is 46.4 Å². The Morgan fingerprint density at radius 3 is 1.40 bits per heavy atom. The number of hydrogen-bond donors (Lipinski definition) is 0. The maximum Gasteiger partial charge on any atom is 0.133 e. The molecule has 1 aromatic carbocycles. The number of hydrogen-bond acceptors (Lipinski definition) is 0. The fourth-order valence-electron chi connectivity index (χ4n) is 1.89. The summed E-state index contributed by atoms with van der Waals surface area (Å²) in [6.45, 7) is 5.91. The first kappa shape index (κ1) is 13.4. The van der Waals surface area contributed by atoms with Gasteiger partial charge in [0.15, 0.2) is 0 Å². The van der Waals surface area contributed by atoms with Crippen molar-refractivity contribution in [1.29, 1.82) is 0 Å². The molecule has 0 amide bonds. The van der Waals surface area contributed by atoms with Gasteiger partial charge in [-0.2, -0.15) is 0 Å². The van der Waals surface area contributed by atoms with Crippen molar-refractivity contribution >= 4 is 46.4 Å². The van der Waals surface area contributed by atoms with Gasteiger partial charge in [0.1, 0.15) is 9.67 Å². The second-order valence-corrected chi connectivity index (χ2v) is 5.76. The zero-order valence-corrected chi connectivity index (χ0v) is 11.8. The lowest BCUT2D eigenvalue weighted by Crippen LogP contribution is -2.01. The van der Waals surface area contributed by atoms with Crippen LogP contribution in [0.15, 0.2) is 6.07 Å². The van der Waals surface area contributed by atoms with Crippen molar-refractivity contribution in [1.82, 2.24) is 0 Å². The third kappa shape index (κ3) is 2.74. The highest BCUT2D eigenvalue weighted by molar-refractivity contribution is 6.45. The summed E-state index contributed by atoms with van der Waals surface area (Å²) >= 11 is 23.7. The predicted octanol–water partition coefficient (Wildman–Crippen LogP) is 5.56. The fraction of sp³-hybridized carbons (Fsp3) is 0.455. The summed E-state index contributed by atoms with van der Waals surface area (Å²) in [5.74, 6) is 0. The van der Waals surface area contributed by atoms with E-state index in [1.54, 1.807) is 0 Å². The molecule has 0 saturated carbocycles. The molecule has 0 aliphatic carbocycles. The van der Waals surface area contributed by atoms with Gasteiger partial charge in [0, 0.05) is 0 Å². The van der Waals surface area contributed by atoms with Gasteiger partial charge in [-0.1, -0.05) is 6.07 Å². The minimum Gasteiger partial charge on any atom is -0.100 e. The molecule has 0 unspecified atom stereocenters. The lowest BCUT2D eigenvalue weighted by Gasteiger charge is -2.18. The van der Waals surface area contributed by atoms with Gasteiger partial charge in [0.2, 0.25) is 0 Å². The molecule has 1 rings (SSSR count). The van der Waals surface area contributed by atoms with E-state index in [2.05, 4.69) is 0 Å². The number of halogens is 4. The average molecular weight is 286 g/mol. The monoisotopic (exact) mass is 284 g/mol. The molecule has 0 aromatic heterocycles. The van der Waals surface area contributed by atoms with Gasteiger partial charge in [-0.25, -0.2) is 0 Å². The molecule has 0 atom stereocenters. The van der Waals surface area contributed by atoms with Gasteiger partial charge in [0.05, 0.1) is 0 Å². The minimum absolute atomic E-state index is 0.545. The molecule has 0 heterocycles. The van der Waals surface area contributed by atoms with Crippen molar-refractivity contribution in [3.8, 4) is 0 Å². The molecule has 84 valence electrons. The van der Waals surface area contributed by atoms with Crippen LogP contribution < -0.4 is 0 Å². The average Bonchev–Trinajstić information content (AvgIpc) is 1.99. The van der Waals surface area contributed by atoms with E-state index in [1.165, 1.54) is 0 Å². The summed E-state index contributed by atoms with van der Waals surface area (Å²) in [5, 5.41) is 0. The number of aryl methyl sites for hydroxylation is 2. The van der Waals surface area contributed by atoms with E-state index in [-0.39, 0.29) is 0 Å². The molecule has 1 aromatic rings. The quantitative estimate of drug-likeness (QED) is 0.624. The Balaban J connectivity index is 3.49. The highest BCUT2D eigenvalue weighted by atomic mass is 35.5. The number of benzene rings is 1. The highest BCUT2D eigenvalue weighted by Crippen LogP contribution is 2.38. The van der Waals surface area contributed by atoms with Crippen LogP contribution in [0.25, 0.3) is 0 Å². The number of rotatable bonds is 2. The first-order valence-corrected chi connectivity index (χ1v) is 6.27. The Morgan fingerprint density at radius 1 is 0.800 bits per heavy atom. The zero-order chi connectivity index (χ0) is 11.7. The Labute approximate surface area is 110 Å². The fourth-order valence-corrected chi connectivity index (χ4v) is 3.23. The van der Waals surface area contributed by atoms with E-state index in [9.17, 15) is 0 Å². The van der Waals surface area contributed by atoms with Crippen molar-refractivity contribution < 1.29 is 0 Å². The molecule has 0 aliphatic rings. The van der Waals surface area contributed by atoms with E-state index in [4.69, 9.17) is 46.4 Å². The second-order valence-electron chi connectivity index (χ2n) is 3.56. The van der Waals surface area contributed by atoms with Crippen LogP contribution in [0.3, 0.4) is 0 Å². The van der Waals surface area contributed by atoms with Crippen molar-refractivity contribution in [2.45, 2.75) is 30.4 Å². The van der Waals surface area contributed by atoms with Crippen molar-refractivity contribution in [2.24, 2.45) is 0 Å². The van der Waals surface area contributed by atoms with Crippen LogP contribution in [0.5, 0.6) is 0 Å². The minimum atomic E-state index is -0.545. The Morgan fingerprint density at radius 2 is 1.13 bits per heavy atom. The smallest absolute Gasteiger partial charge is 0.100 e. The van der Waals surface area contributed by atoms with Crippen molar-refractivity contribution in [3.05, 3.63) is 33.9 Å². The van der Waals surface area contributed by atoms with Crippen molar-refractivity contribution in [2.75, 3.05) is 0 Å². The van der Waals surface area contributed by atoms with E-state index >= 15 is 0 Å². The van der Waals surface area contributed by atoms with Gasteiger partial charge in [0.25, 0.3) is 0 Å². The summed E-state index contributed by atoms with van der Waals surface area (Å²) in [6, 6.07) is 2.01. The van der Waals surface area contributed by atoms with E-state index in [1.807, 2.05) is 26.8 Å². The second kappa shape index (κ2) is 5.14. The lowest BCUT2D eigenvalue weighted by molar-refractivity contribution is 1.12. The molecule has 0 bridgehead atoms. The molecule has 15 heavy (non-hydrogen) atoms. The molecular weight excluding hydrogens is 274 g/mol. The van der Waals surface area contributed by atoms with Crippen LogP contribution in [0.4, 0.5) is 0 Å². The zero-order valence-electron chi connectivity index (χ0n) is 8.74. The van der Waals surface area contributed by atoms with E-state index in [0.717, 1.165) is 27.8 Å². The summed E-state index contributed by atoms with van der Waals surface area (Å²) in [6.07, 6.45) is 0. The third-order valence-electron chi connectivity index (χ3n) is 2.53. The molecular formula is C11H12Cl4. The molecule has 4 heteroatoms. The van der Waals surface area contributed by atoms with E-state index < -0.39 is 9.67 Å². The van der Waals surface area contributed by atoms with Crippen molar-refractivity contribution in [3.63, 3.8) is 0 Å². The summed E-state index contributed by atoms with van der Waals surface area (Å²) in [5.41, 5.74) is 4.93. The Hall–Kier alpha value is 0.380. The van der Waals surface area contributed by atoms with Gasteiger partial charge in [-0.05, 0) is 48.6 Å². The normalized spacial score (nSPS) is 11.5. The van der Waals surface area contributed by atoms with Crippen LogP contribution in [0, 0.1) is 20.8 Å². The van der Waals surface area contributed by atoms with Gasteiger partial charge < -0.3 is 0 Å². The molecule has 0 fully saturated rings. The van der Waals surface area contributed by atoms with Gasteiger partial charge >= 0.3 is 0 Å². The first-order chi connectivity index (χ1) is 6.86. The molecule has 0 radical (unpaired) electrons. The van der Waals surface area contributed by atoms with Crippen LogP contribution in [-0.2, 0) is 0 Å². The first-order valence-electron chi connectivity index (χ1n) is 4.53. The summed E-state index contributed by atoms with van der Waals surface area (Å²) < 4.78 is 0. The van der Waals surface area contributed by atoms with Crippen LogP contribution >= 0.6 is 46.4 Å². The largest absolute Gasteiger partial charge is 0.133 e. The maximum atomic E-state index is 5.92. The maximum absolute atomic E-state index is 5.92. The third-order valence-corrected chi connectivity index (χ3v) is 3.40. The molecule has 0 nitrogen and oxygen atoms in total. The van der Waals surface area contributed by atoms with Crippen LogP contribution in [0.2, 0.25) is 0 Å². The SMILES string of the molecule is Cc1cc(C)c(C(Cl)Cl)c(C)c1C(Cl)Cl. The predicted molar refractivity (Wildman–Crippen MR) is 69.5 cm³/mol. The molecule has 0 aliphatic heterocycles.